The average Bonchev–Trinajstić information content (AvgIpc) is 2.63. The summed E-state index contributed by atoms with van der Waals surface area (Å²) in [7, 11) is 5.60. The number of rotatable bonds is 8. The highest BCUT2D eigenvalue weighted by Gasteiger charge is 2.19. The predicted molar refractivity (Wildman–Crippen MR) is 109 cm³/mol. The van der Waals surface area contributed by atoms with Gasteiger partial charge in [-0.05, 0) is 63.8 Å². The average molecular weight is 391 g/mol. The number of ether oxygens (including phenoxy) is 2. The minimum atomic E-state index is -0.214. The van der Waals surface area contributed by atoms with E-state index in [0.29, 0.717) is 22.9 Å². The molecule has 1 amide bonds. The number of hydrogen-bond donors (Lipinski definition) is 1. The second-order valence-electron chi connectivity index (χ2n) is 6.77. The van der Waals surface area contributed by atoms with Crippen molar-refractivity contribution in [2.45, 2.75) is 26.0 Å². The number of nitrogens with one attached hydrogen (secondary N) is 1. The molecule has 5 nitrogen and oxygen atoms in total. The monoisotopic (exact) mass is 390 g/mol. The van der Waals surface area contributed by atoms with Crippen LogP contribution >= 0.6 is 11.6 Å². The molecule has 146 valence electrons. The van der Waals surface area contributed by atoms with E-state index in [0.717, 1.165) is 11.3 Å². The van der Waals surface area contributed by atoms with Crippen LogP contribution in [0.4, 0.5) is 0 Å². The zero-order valence-electron chi connectivity index (χ0n) is 16.5. The third-order valence-corrected chi connectivity index (χ3v) is 4.36. The molecule has 0 aliphatic carbocycles. The number of carbonyl (C=O) groups excluding carboxylic acids is 1. The first-order valence-electron chi connectivity index (χ1n) is 8.86. The lowest BCUT2D eigenvalue weighted by atomic mass is 10.1. The maximum Gasteiger partial charge on any atom is 0.255 e. The van der Waals surface area contributed by atoms with Crippen molar-refractivity contribution >= 4 is 17.5 Å². The highest BCUT2D eigenvalue weighted by Crippen LogP contribution is 2.25. The quantitative estimate of drug-likeness (QED) is 0.735. The van der Waals surface area contributed by atoms with Gasteiger partial charge in [0.05, 0.1) is 24.8 Å². The Morgan fingerprint density at radius 1 is 1.15 bits per heavy atom. The van der Waals surface area contributed by atoms with Crippen LogP contribution in [0.25, 0.3) is 0 Å². The number of carbonyl (C=O) groups is 1. The summed E-state index contributed by atoms with van der Waals surface area (Å²) in [5.41, 5.74) is 1.52. The zero-order valence-corrected chi connectivity index (χ0v) is 17.2. The first-order valence-corrected chi connectivity index (χ1v) is 9.24. The summed E-state index contributed by atoms with van der Waals surface area (Å²) < 4.78 is 11.0. The van der Waals surface area contributed by atoms with Crippen molar-refractivity contribution in [3.05, 3.63) is 58.6 Å². The predicted octanol–water partition coefficient (Wildman–Crippen LogP) is 4.17. The third kappa shape index (κ3) is 5.88. The Hall–Kier alpha value is -2.24. The Morgan fingerprint density at radius 3 is 2.37 bits per heavy atom. The van der Waals surface area contributed by atoms with Gasteiger partial charge in [0, 0.05) is 11.6 Å². The highest BCUT2D eigenvalue weighted by molar-refractivity contribution is 6.31. The molecule has 0 saturated carbocycles. The van der Waals surface area contributed by atoms with Crippen molar-refractivity contribution in [2.24, 2.45) is 0 Å². The molecule has 27 heavy (non-hydrogen) atoms. The van der Waals surface area contributed by atoms with Gasteiger partial charge in [-0.25, -0.2) is 0 Å². The van der Waals surface area contributed by atoms with Crippen LogP contribution in [0.1, 0.15) is 35.8 Å². The minimum absolute atomic E-state index is 0.0218. The van der Waals surface area contributed by atoms with Gasteiger partial charge in [-0.2, -0.15) is 0 Å². The summed E-state index contributed by atoms with van der Waals surface area (Å²) in [4.78, 5) is 14.8. The molecule has 0 heterocycles. The molecular weight excluding hydrogens is 364 g/mol. The SMILES string of the molecule is COc1ccc(C(CNC(=O)c2cc(Cl)ccc2OC(C)C)N(C)C)cc1. The van der Waals surface area contributed by atoms with Gasteiger partial charge in [0.2, 0.25) is 0 Å². The van der Waals surface area contributed by atoms with Crippen LogP contribution in [-0.2, 0) is 0 Å². The lowest BCUT2D eigenvalue weighted by molar-refractivity contribution is 0.0936. The van der Waals surface area contributed by atoms with E-state index >= 15 is 0 Å². The lowest BCUT2D eigenvalue weighted by Gasteiger charge is -2.25. The molecule has 1 atom stereocenters. The molecule has 2 rings (SSSR count). The molecule has 1 N–H and O–H groups in total. The molecule has 0 aliphatic rings. The van der Waals surface area contributed by atoms with E-state index < -0.39 is 0 Å². The van der Waals surface area contributed by atoms with Crippen molar-refractivity contribution in [1.29, 1.82) is 0 Å². The number of methoxy groups -OCH3 is 1. The molecule has 0 aromatic heterocycles. The first-order chi connectivity index (χ1) is 12.8. The van der Waals surface area contributed by atoms with Crippen LogP contribution in [0, 0.1) is 0 Å². The summed E-state index contributed by atoms with van der Waals surface area (Å²) in [6, 6.07) is 12.9. The van der Waals surface area contributed by atoms with Crippen LogP contribution < -0.4 is 14.8 Å². The molecule has 0 fully saturated rings. The molecule has 2 aromatic rings. The smallest absolute Gasteiger partial charge is 0.255 e. The van der Waals surface area contributed by atoms with Crippen LogP contribution in [0.3, 0.4) is 0 Å². The Kier molecular flexibility index (Phi) is 7.51. The van der Waals surface area contributed by atoms with E-state index in [2.05, 4.69) is 10.2 Å². The topological polar surface area (TPSA) is 50.8 Å². The minimum Gasteiger partial charge on any atom is -0.497 e. The van der Waals surface area contributed by atoms with Crippen molar-refractivity contribution in [2.75, 3.05) is 27.7 Å². The Morgan fingerprint density at radius 2 is 1.81 bits per heavy atom. The first kappa shape index (κ1) is 21.1. The molecule has 0 bridgehead atoms. The fourth-order valence-corrected chi connectivity index (χ4v) is 2.92. The highest BCUT2D eigenvalue weighted by atomic mass is 35.5. The van der Waals surface area contributed by atoms with Crippen molar-refractivity contribution in [1.82, 2.24) is 10.2 Å². The number of nitrogens with zero attached hydrogens (tertiary/aromatic N) is 1. The Bertz CT molecular complexity index is 761. The van der Waals surface area contributed by atoms with Gasteiger partial charge < -0.3 is 19.7 Å². The maximum atomic E-state index is 12.8. The second-order valence-corrected chi connectivity index (χ2v) is 7.21. The molecular formula is C21H27ClN2O3. The standard InChI is InChI=1S/C21H27ClN2O3/c1-14(2)27-20-11-8-16(22)12-18(20)21(25)23-13-19(24(3)4)15-6-9-17(26-5)10-7-15/h6-12,14,19H,13H2,1-5H3,(H,23,25). The molecule has 1 unspecified atom stereocenters. The van der Waals surface area contributed by atoms with Crippen molar-refractivity contribution in [3.8, 4) is 11.5 Å². The van der Waals surface area contributed by atoms with E-state index in [4.69, 9.17) is 21.1 Å². The van der Waals surface area contributed by atoms with Crippen LogP contribution in [-0.4, -0.2) is 44.7 Å². The van der Waals surface area contributed by atoms with Gasteiger partial charge in [-0.3, -0.25) is 4.79 Å². The fraction of sp³-hybridized carbons (Fsp3) is 0.381. The number of amides is 1. The molecule has 0 aliphatic heterocycles. The summed E-state index contributed by atoms with van der Waals surface area (Å²) in [6.45, 7) is 4.29. The van der Waals surface area contributed by atoms with Gasteiger partial charge in [0.1, 0.15) is 11.5 Å². The van der Waals surface area contributed by atoms with Gasteiger partial charge in [-0.15, -0.1) is 0 Å². The van der Waals surface area contributed by atoms with E-state index in [-0.39, 0.29) is 18.1 Å². The fourth-order valence-electron chi connectivity index (χ4n) is 2.75. The second kappa shape index (κ2) is 9.62. The van der Waals surface area contributed by atoms with E-state index in [9.17, 15) is 4.79 Å². The largest absolute Gasteiger partial charge is 0.497 e. The normalized spacial score (nSPS) is 12.1. The van der Waals surface area contributed by atoms with Gasteiger partial charge in [0.15, 0.2) is 0 Å². The van der Waals surface area contributed by atoms with Crippen molar-refractivity contribution in [3.63, 3.8) is 0 Å². The van der Waals surface area contributed by atoms with Gasteiger partial charge in [0.25, 0.3) is 5.91 Å². The van der Waals surface area contributed by atoms with Gasteiger partial charge in [-0.1, -0.05) is 23.7 Å². The lowest BCUT2D eigenvalue weighted by Crippen LogP contribution is -2.34. The molecule has 0 saturated heterocycles. The molecule has 6 heteroatoms. The van der Waals surface area contributed by atoms with Gasteiger partial charge >= 0.3 is 0 Å². The summed E-state index contributed by atoms with van der Waals surface area (Å²) in [5.74, 6) is 1.11. The Balaban J connectivity index is 2.15. The van der Waals surface area contributed by atoms with E-state index in [1.165, 1.54) is 0 Å². The zero-order chi connectivity index (χ0) is 20.0. The van der Waals surface area contributed by atoms with Crippen molar-refractivity contribution < 1.29 is 14.3 Å². The summed E-state index contributed by atoms with van der Waals surface area (Å²) in [5, 5.41) is 3.49. The number of hydrogen-bond acceptors (Lipinski definition) is 4. The molecule has 0 spiro atoms. The number of halogens is 1. The number of likely N-dealkylation sites (N-methyl/N-ethyl adjacent to an activating group) is 1. The maximum absolute atomic E-state index is 12.8. The molecule has 2 aromatic carbocycles. The van der Waals surface area contributed by atoms with E-state index in [1.807, 2.05) is 52.2 Å². The van der Waals surface area contributed by atoms with Crippen LogP contribution in [0.5, 0.6) is 11.5 Å². The Labute approximate surface area is 166 Å². The summed E-state index contributed by atoms with van der Waals surface area (Å²) in [6.07, 6.45) is -0.0356. The van der Waals surface area contributed by atoms with Crippen LogP contribution in [0.2, 0.25) is 5.02 Å². The third-order valence-electron chi connectivity index (χ3n) is 4.13. The van der Waals surface area contributed by atoms with E-state index in [1.54, 1.807) is 25.3 Å². The molecule has 0 radical (unpaired) electrons. The number of benzene rings is 2. The summed E-state index contributed by atoms with van der Waals surface area (Å²) >= 11 is 6.08. The van der Waals surface area contributed by atoms with Crippen LogP contribution in [0.15, 0.2) is 42.5 Å².